The van der Waals surface area contributed by atoms with Crippen LogP contribution in [0.4, 0.5) is 4.79 Å². The molecule has 0 saturated heterocycles. The van der Waals surface area contributed by atoms with E-state index in [2.05, 4.69) is 10.6 Å². The summed E-state index contributed by atoms with van der Waals surface area (Å²) < 4.78 is 5.24. The van der Waals surface area contributed by atoms with E-state index in [0.29, 0.717) is 18.5 Å². The van der Waals surface area contributed by atoms with Crippen molar-refractivity contribution in [2.24, 2.45) is 0 Å². The van der Waals surface area contributed by atoms with Gasteiger partial charge in [-0.3, -0.25) is 9.59 Å². The molecule has 34 heavy (non-hydrogen) atoms. The molecule has 0 fully saturated rings. The fraction of sp³-hybridized carbons (Fsp3) is 0.640. The molecule has 4 N–H and O–H groups in total. The molecule has 3 amide bonds. The predicted octanol–water partition coefficient (Wildman–Crippen LogP) is 3.25. The van der Waals surface area contributed by atoms with Gasteiger partial charge in [0.1, 0.15) is 23.4 Å². The van der Waals surface area contributed by atoms with E-state index in [1.165, 1.54) is 17.0 Å². The summed E-state index contributed by atoms with van der Waals surface area (Å²) in [5.41, 5.74) is -1.21. The summed E-state index contributed by atoms with van der Waals surface area (Å²) in [7, 11) is 0. The second kappa shape index (κ2) is 12.6. The van der Waals surface area contributed by atoms with Crippen LogP contribution in [0.25, 0.3) is 0 Å². The summed E-state index contributed by atoms with van der Waals surface area (Å²) >= 11 is 0. The molecule has 192 valence electrons. The van der Waals surface area contributed by atoms with Crippen molar-refractivity contribution in [3.05, 3.63) is 29.8 Å². The number of hydrogen-bond acceptors (Lipinski definition) is 6. The molecule has 1 aromatic rings. The van der Waals surface area contributed by atoms with Crippen LogP contribution >= 0.6 is 0 Å². The molecule has 0 bridgehead atoms. The Balaban J connectivity index is 3.48. The van der Waals surface area contributed by atoms with Crippen LogP contribution in [0.2, 0.25) is 0 Å². The molecule has 2 atom stereocenters. The summed E-state index contributed by atoms with van der Waals surface area (Å²) in [6.07, 6.45) is 1.28. The lowest BCUT2D eigenvalue weighted by atomic mass is 9.92. The standard InChI is InChI=1S/C25H41N3O6/c1-8-10-14-26-21(31)20(17-12-11-13-18(30)15-17)28(25(6,7)9-2)22(32)19(16-29)27-23(33)34-24(3,4)5/h11-13,15,19-20,29-30H,8-10,14,16H2,1-7H3,(H,26,31)(H,27,33). The molecule has 9 heteroatoms. The third-order valence-electron chi connectivity index (χ3n) is 5.45. The van der Waals surface area contributed by atoms with Crippen molar-refractivity contribution in [1.82, 2.24) is 15.5 Å². The van der Waals surface area contributed by atoms with Gasteiger partial charge in [-0.15, -0.1) is 0 Å². The lowest BCUT2D eigenvalue weighted by Crippen LogP contribution is -2.60. The topological polar surface area (TPSA) is 128 Å². The Morgan fingerprint density at radius 3 is 2.26 bits per heavy atom. The number of hydrogen-bond donors (Lipinski definition) is 4. The molecule has 0 heterocycles. The van der Waals surface area contributed by atoms with E-state index in [0.717, 1.165) is 12.8 Å². The predicted molar refractivity (Wildman–Crippen MR) is 130 cm³/mol. The van der Waals surface area contributed by atoms with E-state index in [4.69, 9.17) is 4.74 Å². The highest BCUT2D eigenvalue weighted by atomic mass is 16.6. The first kappa shape index (κ1) is 29.2. The van der Waals surface area contributed by atoms with Crippen molar-refractivity contribution >= 4 is 17.9 Å². The van der Waals surface area contributed by atoms with Gasteiger partial charge in [-0.05, 0) is 65.2 Å². The number of nitrogens with one attached hydrogen (secondary N) is 2. The molecule has 0 aliphatic heterocycles. The summed E-state index contributed by atoms with van der Waals surface area (Å²) in [5.74, 6) is -1.10. The van der Waals surface area contributed by atoms with E-state index in [-0.39, 0.29) is 5.75 Å². The highest BCUT2D eigenvalue weighted by Gasteiger charge is 2.43. The molecular formula is C25H41N3O6. The zero-order valence-electron chi connectivity index (χ0n) is 21.5. The fourth-order valence-corrected chi connectivity index (χ4v) is 3.35. The quantitative estimate of drug-likeness (QED) is 0.361. The number of carbonyl (C=O) groups excluding carboxylic acids is 3. The average Bonchev–Trinajstić information content (AvgIpc) is 2.73. The van der Waals surface area contributed by atoms with Crippen molar-refractivity contribution in [3.63, 3.8) is 0 Å². The van der Waals surface area contributed by atoms with Gasteiger partial charge in [-0.2, -0.15) is 0 Å². The van der Waals surface area contributed by atoms with Gasteiger partial charge < -0.3 is 30.5 Å². The highest BCUT2D eigenvalue weighted by Crippen LogP contribution is 2.33. The van der Waals surface area contributed by atoms with Crippen LogP contribution in [0.3, 0.4) is 0 Å². The fourth-order valence-electron chi connectivity index (χ4n) is 3.35. The number of benzene rings is 1. The van der Waals surface area contributed by atoms with E-state index in [1.54, 1.807) is 32.9 Å². The number of carbonyl (C=O) groups is 3. The van der Waals surface area contributed by atoms with Gasteiger partial charge in [0, 0.05) is 12.1 Å². The molecule has 0 radical (unpaired) electrons. The maximum Gasteiger partial charge on any atom is 0.408 e. The number of nitrogens with zero attached hydrogens (tertiary/aromatic N) is 1. The number of aromatic hydroxyl groups is 1. The molecule has 0 saturated carbocycles. The number of aliphatic hydroxyl groups excluding tert-OH is 1. The normalized spacial score (nSPS) is 13.5. The Labute approximate surface area is 202 Å². The second-order valence-corrected chi connectivity index (χ2v) is 9.90. The van der Waals surface area contributed by atoms with Gasteiger partial charge >= 0.3 is 6.09 Å². The molecule has 9 nitrogen and oxygen atoms in total. The van der Waals surface area contributed by atoms with E-state index in [1.807, 2.05) is 27.7 Å². The van der Waals surface area contributed by atoms with Gasteiger partial charge in [-0.25, -0.2) is 4.79 Å². The lowest BCUT2D eigenvalue weighted by Gasteiger charge is -2.44. The molecule has 2 unspecified atom stereocenters. The first-order valence-corrected chi connectivity index (χ1v) is 11.8. The number of phenolic OH excluding ortho intramolecular Hbond substituents is 1. The van der Waals surface area contributed by atoms with Gasteiger partial charge in [0.15, 0.2) is 0 Å². The first-order chi connectivity index (χ1) is 15.8. The van der Waals surface area contributed by atoms with Crippen molar-refractivity contribution < 1.29 is 29.3 Å². The van der Waals surface area contributed by atoms with Gasteiger partial charge in [0.2, 0.25) is 11.8 Å². The average molecular weight is 480 g/mol. The molecule has 0 aliphatic carbocycles. The van der Waals surface area contributed by atoms with Crippen molar-refractivity contribution in [2.45, 2.75) is 91.0 Å². The van der Waals surface area contributed by atoms with Crippen LogP contribution in [0.15, 0.2) is 24.3 Å². The summed E-state index contributed by atoms with van der Waals surface area (Å²) in [5, 5.41) is 25.4. The first-order valence-electron chi connectivity index (χ1n) is 11.8. The van der Waals surface area contributed by atoms with E-state index < -0.39 is 47.7 Å². The number of unbranched alkanes of at least 4 members (excludes halogenated alkanes) is 1. The zero-order valence-corrected chi connectivity index (χ0v) is 21.5. The molecule has 0 spiro atoms. The smallest absolute Gasteiger partial charge is 0.408 e. The third kappa shape index (κ3) is 8.52. The molecule has 0 aliphatic rings. The maximum atomic E-state index is 13.8. The van der Waals surface area contributed by atoms with Gasteiger partial charge in [0.05, 0.1) is 6.61 Å². The van der Waals surface area contributed by atoms with Crippen LogP contribution in [0.1, 0.15) is 79.3 Å². The molecule has 0 aromatic heterocycles. The molecular weight excluding hydrogens is 438 g/mol. The van der Waals surface area contributed by atoms with Crippen LogP contribution in [0, 0.1) is 0 Å². The zero-order chi connectivity index (χ0) is 26.1. The molecule has 1 aromatic carbocycles. The van der Waals surface area contributed by atoms with Crippen LogP contribution in [-0.4, -0.2) is 63.4 Å². The SMILES string of the molecule is CCCCNC(=O)C(c1cccc(O)c1)N(C(=O)C(CO)NC(=O)OC(C)(C)C)C(C)(C)CC. The van der Waals surface area contributed by atoms with Crippen molar-refractivity contribution in [3.8, 4) is 5.75 Å². The maximum absolute atomic E-state index is 13.8. The number of rotatable bonds is 11. The Bertz CT molecular complexity index is 834. The highest BCUT2D eigenvalue weighted by molar-refractivity contribution is 5.92. The molecule has 1 rings (SSSR count). The summed E-state index contributed by atoms with van der Waals surface area (Å²) in [6.45, 7) is 12.3. The number of ether oxygens (including phenoxy) is 1. The van der Waals surface area contributed by atoms with Gasteiger partial charge in [0.25, 0.3) is 0 Å². The number of alkyl carbamates (subject to hydrolysis) is 1. The Morgan fingerprint density at radius 2 is 1.76 bits per heavy atom. The lowest BCUT2D eigenvalue weighted by molar-refractivity contribution is -0.150. The third-order valence-corrected chi connectivity index (χ3v) is 5.45. The Hall–Kier alpha value is -2.81. The number of amides is 3. The van der Waals surface area contributed by atoms with Crippen LogP contribution < -0.4 is 10.6 Å². The monoisotopic (exact) mass is 479 g/mol. The van der Waals surface area contributed by atoms with Crippen molar-refractivity contribution in [1.29, 1.82) is 0 Å². The van der Waals surface area contributed by atoms with Crippen LogP contribution in [-0.2, 0) is 14.3 Å². The van der Waals surface area contributed by atoms with E-state index in [9.17, 15) is 24.6 Å². The minimum Gasteiger partial charge on any atom is -0.508 e. The largest absolute Gasteiger partial charge is 0.508 e. The number of aliphatic hydroxyl groups is 1. The van der Waals surface area contributed by atoms with Crippen LogP contribution in [0.5, 0.6) is 5.75 Å². The van der Waals surface area contributed by atoms with E-state index >= 15 is 0 Å². The minimum absolute atomic E-state index is 0.0452. The second-order valence-electron chi connectivity index (χ2n) is 9.90. The Morgan fingerprint density at radius 1 is 1.12 bits per heavy atom. The number of phenols is 1. The minimum atomic E-state index is -1.33. The summed E-state index contributed by atoms with van der Waals surface area (Å²) in [4.78, 5) is 40.9. The summed E-state index contributed by atoms with van der Waals surface area (Å²) in [6, 6.07) is 3.75. The van der Waals surface area contributed by atoms with Gasteiger partial charge in [-0.1, -0.05) is 32.4 Å². The van der Waals surface area contributed by atoms with Crippen molar-refractivity contribution in [2.75, 3.05) is 13.2 Å². The Kier molecular flexibility index (Phi) is 10.8.